The lowest BCUT2D eigenvalue weighted by molar-refractivity contribution is -0.132. The van der Waals surface area contributed by atoms with E-state index in [1.165, 1.54) is 6.92 Å². The van der Waals surface area contributed by atoms with Gasteiger partial charge in [0, 0.05) is 5.57 Å². The van der Waals surface area contributed by atoms with Crippen molar-refractivity contribution < 1.29 is 19.7 Å². The smallest absolute Gasteiger partial charge is 0.330 e. The molecule has 0 saturated heterocycles. The molecule has 0 heterocycles. The fourth-order valence-electron chi connectivity index (χ4n) is 0.747. The van der Waals surface area contributed by atoms with Crippen molar-refractivity contribution in [3.8, 4) is 0 Å². The minimum atomic E-state index is -0.920. The summed E-state index contributed by atoms with van der Waals surface area (Å²) in [7, 11) is 0. The number of hydrogen-bond acceptors (Lipinski definition) is 2. The van der Waals surface area contributed by atoms with Gasteiger partial charge in [-0.1, -0.05) is 6.08 Å². The lowest BCUT2D eigenvalue weighted by Crippen LogP contribution is -2.10. The SMILES string of the molecule is CC(=CCC(C)OCC[O])C(=O)O. The van der Waals surface area contributed by atoms with E-state index in [-0.39, 0.29) is 19.3 Å². The molecule has 0 spiro atoms. The van der Waals surface area contributed by atoms with Gasteiger partial charge >= 0.3 is 5.97 Å². The fourth-order valence-corrected chi connectivity index (χ4v) is 0.747. The third-order valence-corrected chi connectivity index (χ3v) is 1.58. The van der Waals surface area contributed by atoms with Crippen LogP contribution in [0.4, 0.5) is 0 Å². The van der Waals surface area contributed by atoms with E-state index in [0.717, 1.165) is 0 Å². The number of hydrogen-bond donors (Lipinski definition) is 1. The topological polar surface area (TPSA) is 66.4 Å². The van der Waals surface area contributed by atoms with Gasteiger partial charge in [0.1, 0.15) is 6.61 Å². The Kier molecular flexibility index (Phi) is 6.18. The number of rotatable bonds is 6. The first-order valence-corrected chi connectivity index (χ1v) is 4.17. The Balaban J connectivity index is 3.73. The lowest BCUT2D eigenvalue weighted by Gasteiger charge is -2.08. The van der Waals surface area contributed by atoms with Crippen molar-refractivity contribution in [3.63, 3.8) is 0 Å². The first-order valence-electron chi connectivity index (χ1n) is 4.17. The van der Waals surface area contributed by atoms with Crippen LogP contribution in [-0.4, -0.2) is 30.4 Å². The van der Waals surface area contributed by atoms with E-state index >= 15 is 0 Å². The third-order valence-electron chi connectivity index (χ3n) is 1.58. The normalized spacial score (nSPS) is 14.2. The molecular weight excluding hydrogens is 172 g/mol. The molecule has 1 radical (unpaired) electrons. The average molecular weight is 187 g/mol. The first-order chi connectivity index (χ1) is 6.07. The van der Waals surface area contributed by atoms with Gasteiger partial charge in [-0.15, -0.1) is 0 Å². The molecule has 0 aromatic heterocycles. The molecule has 75 valence electrons. The van der Waals surface area contributed by atoms with Crippen LogP contribution in [0.15, 0.2) is 11.6 Å². The molecule has 0 bridgehead atoms. The molecule has 0 aromatic carbocycles. The van der Waals surface area contributed by atoms with Crippen molar-refractivity contribution in [2.24, 2.45) is 0 Å². The molecule has 0 aromatic rings. The molecule has 13 heavy (non-hydrogen) atoms. The first kappa shape index (κ1) is 12.1. The standard InChI is InChI=1S/C9H15O4/c1-7(9(11)12)3-4-8(2)13-6-5-10/h3,8H,4-6H2,1-2H3,(H,11,12). The summed E-state index contributed by atoms with van der Waals surface area (Å²) in [6.45, 7) is 3.26. The fraction of sp³-hybridized carbons (Fsp3) is 0.667. The van der Waals surface area contributed by atoms with E-state index in [9.17, 15) is 9.90 Å². The second kappa shape index (κ2) is 6.62. The number of carbonyl (C=O) groups is 1. The zero-order valence-electron chi connectivity index (χ0n) is 7.95. The van der Waals surface area contributed by atoms with Crippen LogP contribution in [0, 0.1) is 0 Å². The Morgan fingerprint density at radius 2 is 2.23 bits per heavy atom. The van der Waals surface area contributed by atoms with E-state index in [2.05, 4.69) is 0 Å². The van der Waals surface area contributed by atoms with E-state index in [1.807, 2.05) is 0 Å². The van der Waals surface area contributed by atoms with E-state index < -0.39 is 5.97 Å². The highest BCUT2D eigenvalue weighted by atomic mass is 16.5. The molecule has 4 nitrogen and oxygen atoms in total. The van der Waals surface area contributed by atoms with Gasteiger partial charge in [0.05, 0.1) is 12.7 Å². The molecule has 0 saturated carbocycles. The second-order valence-electron chi connectivity index (χ2n) is 2.81. The zero-order valence-corrected chi connectivity index (χ0v) is 7.95. The van der Waals surface area contributed by atoms with E-state index in [1.54, 1.807) is 13.0 Å². The van der Waals surface area contributed by atoms with Crippen LogP contribution in [0.25, 0.3) is 0 Å². The highest BCUT2D eigenvalue weighted by Crippen LogP contribution is 2.02. The summed E-state index contributed by atoms with van der Waals surface area (Å²) < 4.78 is 5.07. The van der Waals surface area contributed by atoms with Crippen LogP contribution >= 0.6 is 0 Å². The Morgan fingerprint density at radius 1 is 1.62 bits per heavy atom. The summed E-state index contributed by atoms with van der Waals surface area (Å²) in [4.78, 5) is 10.4. The van der Waals surface area contributed by atoms with Crippen LogP contribution in [0.5, 0.6) is 0 Å². The second-order valence-corrected chi connectivity index (χ2v) is 2.81. The maximum atomic E-state index is 10.4. The van der Waals surface area contributed by atoms with Gasteiger partial charge in [0.15, 0.2) is 0 Å². The molecule has 1 unspecified atom stereocenters. The minimum Gasteiger partial charge on any atom is -0.478 e. The Labute approximate surface area is 77.8 Å². The molecule has 0 amide bonds. The predicted octanol–water partition coefficient (Wildman–Crippen LogP) is 1.24. The van der Waals surface area contributed by atoms with Gasteiger partial charge in [-0.3, -0.25) is 0 Å². The highest BCUT2D eigenvalue weighted by molar-refractivity contribution is 5.85. The van der Waals surface area contributed by atoms with Gasteiger partial charge in [0.25, 0.3) is 0 Å². The number of carboxylic acid groups (broad SMARTS) is 1. The van der Waals surface area contributed by atoms with Gasteiger partial charge in [-0.2, -0.15) is 0 Å². The van der Waals surface area contributed by atoms with Crippen LogP contribution in [-0.2, 0) is 14.6 Å². The summed E-state index contributed by atoms with van der Waals surface area (Å²) in [6.07, 6.45) is 2.03. The molecule has 1 atom stereocenters. The monoisotopic (exact) mass is 187 g/mol. The summed E-state index contributed by atoms with van der Waals surface area (Å²) in [5, 5.41) is 18.6. The van der Waals surface area contributed by atoms with Crippen molar-refractivity contribution >= 4 is 5.97 Å². The predicted molar refractivity (Wildman–Crippen MR) is 47.0 cm³/mol. The molecule has 0 aliphatic heterocycles. The van der Waals surface area contributed by atoms with Crippen molar-refractivity contribution in [2.75, 3.05) is 13.2 Å². The average Bonchev–Trinajstić information content (AvgIpc) is 2.10. The molecule has 1 N–H and O–H groups in total. The number of carboxylic acids is 1. The number of aliphatic carboxylic acids is 1. The Hall–Kier alpha value is -0.870. The van der Waals surface area contributed by atoms with E-state index in [4.69, 9.17) is 9.84 Å². The van der Waals surface area contributed by atoms with Crippen molar-refractivity contribution in [3.05, 3.63) is 11.6 Å². The van der Waals surface area contributed by atoms with Gasteiger partial charge in [-0.05, 0) is 20.3 Å². The largest absolute Gasteiger partial charge is 0.478 e. The van der Waals surface area contributed by atoms with Gasteiger partial charge in [0.2, 0.25) is 0 Å². The Morgan fingerprint density at radius 3 is 2.69 bits per heavy atom. The molecule has 0 aliphatic rings. The lowest BCUT2D eigenvalue weighted by atomic mass is 10.2. The number of ether oxygens (including phenoxy) is 1. The molecular formula is C9H15O4. The molecule has 0 aliphatic carbocycles. The summed E-state index contributed by atoms with van der Waals surface area (Å²) in [6, 6.07) is 0. The minimum absolute atomic E-state index is 0.0942. The summed E-state index contributed by atoms with van der Waals surface area (Å²) in [5.41, 5.74) is 0.303. The molecule has 4 heteroatoms. The molecule has 0 fully saturated rings. The molecule has 0 rings (SSSR count). The maximum absolute atomic E-state index is 10.4. The maximum Gasteiger partial charge on any atom is 0.330 e. The van der Waals surface area contributed by atoms with E-state index in [0.29, 0.717) is 12.0 Å². The third kappa shape index (κ3) is 6.31. The van der Waals surface area contributed by atoms with Gasteiger partial charge in [-0.25, -0.2) is 9.90 Å². The summed E-state index contributed by atoms with van der Waals surface area (Å²) >= 11 is 0. The van der Waals surface area contributed by atoms with Crippen LogP contribution < -0.4 is 0 Å². The van der Waals surface area contributed by atoms with Crippen molar-refractivity contribution in [1.82, 2.24) is 0 Å². The van der Waals surface area contributed by atoms with Crippen LogP contribution in [0.1, 0.15) is 20.3 Å². The quantitative estimate of drug-likeness (QED) is 0.636. The van der Waals surface area contributed by atoms with Gasteiger partial charge < -0.3 is 9.84 Å². The van der Waals surface area contributed by atoms with Crippen molar-refractivity contribution in [1.29, 1.82) is 0 Å². The zero-order chi connectivity index (χ0) is 10.3. The van der Waals surface area contributed by atoms with Crippen LogP contribution in [0.2, 0.25) is 0 Å². The Bertz CT molecular complexity index is 186. The van der Waals surface area contributed by atoms with Crippen LogP contribution in [0.3, 0.4) is 0 Å². The highest BCUT2D eigenvalue weighted by Gasteiger charge is 2.02. The summed E-state index contributed by atoms with van der Waals surface area (Å²) in [5.74, 6) is -0.920. The van der Waals surface area contributed by atoms with Crippen molar-refractivity contribution in [2.45, 2.75) is 26.4 Å².